The Morgan fingerprint density at radius 1 is 1.57 bits per heavy atom. The molecule has 0 aliphatic carbocycles. The van der Waals surface area contributed by atoms with Gasteiger partial charge >= 0.3 is 6.03 Å². The lowest BCUT2D eigenvalue weighted by Crippen LogP contribution is -2.44. The second kappa shape index (κ2) is 8.28. The van der Waals surface area contributed by atoms with Gasteiger partial charge in [-0.05, 0) is 25.0 Å². The van der Waals surface area contributed by atoms with Crippen molar-refractivity contribution in [2.75, 3.05) is 26.2 Å². The normalized spacial score (nSPS) is 17.2. The van der Waals surface area contributed by atoms with Crippen molar-refractivity contribution in [3.8, 4) is 12.3 Å². The third-order valence-electron chi connectivity index (χ3n) is 3.40. The van der Waals surface area contributed by atoms with E-state index in [1.807, 2.05) is 18.2 Å². The predicted molar refractivity (Wildman–Crippen MR) is 80.7 cm³/mol. The molecule has 1 fully saturated rings. The van der Waals surface area contributed by atoms with Crippen LogP contribution in [0.5, 0.6) is 0 Å². The lowest BCUT2D eigenvalue weighted by atomic mass is 10.2. The number of nitrogens with one attached hydrogen (secondary N) is 1. The maximum Gasteiger partial charge on any atom is 0.318 e. The highest BCUT2D eigenvalue weighted by Gasteiger charge is 2.21. The van der Waals surface area contributed by atoms with Crippen molar-refractivity contribution < 1.29 is 9.53 Å². The van der Waals surface area contributed by atoms with E-state index in [9.17, 15) is 4.79 Å². The summed E-state index contributed by atoms with van der Waals surface area (Å²) in [4.78, 5) is 18.0. The zero-order valence-electron chi connectivity index (χ0n) is 12.1. The minimum absolute atomic E-state index is 0.111. The second-order valence-electron chi connectivity index (χ2n) is 5.02. The van der Waals surface area contributed by atoms with E-state index in [0.29, 0.717) is 26.1 Å². The van der Waals surface area contributed by atoms with Crippen LogP contribution in [-0.4, -0.2) is 48.3 Å². The molecule has 112 valence electrons. The first-order valence-corrected chi connectivity index (χ1v) is 7.27. The number of carbonyl (C=O) groups is 1. The fourth-order valence-corrected chi connectivity index (χ4v) is 2.32. The van der Waals surface area contributed by atoms with Crippen LogP contribution in [0, 0.1) is 12.3 Å². The monoisotopic (exact) mass is 287 g/mol. The molecule has 0 spiro atoms. The van der Waals surface area contributed by atoms with E-state index in [4.69, 9.17) is 11.2 Å². The summed E-state index contributed by atoms with van der Waals surface area (Å²) in [5, 5.41) is 2.89. The number of pyridine rings is 1. The number of rotatable bonds is 6. The van der Waals surface area contributed by atoms with E-state index in [2.05, 4.69) is 16.2 Å². The van der Waals surface area contributed by atoms with E-state index < -0.39 is 0 Å². The van der Waals surface area contributed by atoms with Crippen molar-refractivity contribution in [2.24, 2.45) is 0 Å². The highest BCUT2D eigenvalue weighted by molar-refractivity contribution is 5.74. The molecule has 0 saturated carbocycles. The summed E-state index contributed by atoms with van der Waals surface area (Å²) in [6.07, 6.45) is 9.94. The largest absolute Gasteiger partial charge is 0.376 e. The number of amides is 2. The predicted octanol–water partition coefficient (Wildman–Crippen LogP) is 1.45. The Morgan fingerprint density at radius 2 is 2.48 bits per heavy atom. The fourth-order valence-electron chi connectivity index (χ4n) is 2.32. The average molecular weight is 287 g/mol. The molecule has 2 heterocycles. The van der Waals surface area contributed by atoms with Gasteiger partial charge in [0.25, 0.3) is 0 Å². The van der Waals surface area contributed by atoms with Crippen molar-refractivity contribution in [1.29, 1.82) is 0 Å². The van der Waals surface area contributed by atoms with Gasteiger partial charge in [-0.1, -0.05) is 12.0 Å². The van der Waals surface area contributed by atoms with E-state index in [1.54, 1.807) is 11.1 Å². The maximum atomic E-state index is 12.2. The first-order valence-electron chi connectivity index (χ1n) is 7.27. The number of ether oxygens (including phenoxy) is 1. The average Bonchev–Trinajstić information content (AvgIpc) is 3.01. The summed E-state index contributed by atoms with van der Waals surface area (Å²) in [5.74, 6) is 2.53. The van der Waals surface area contributed by atoms with Gasteiger partial charge in [0, 0.05) is 38.0 Å². The third kappa shape index (κ3) is 5.09. The van der Waals surface area contributed by atoms with Gasteiger partial charge in [0.15, 0.2) is 0 Å². The highest BCUT2D eigenvalue weighted by atomic mass is 16.5. The number of aromatic nitrogens is 1. The van der Waals surface area contributed by atoms with Crippen molar-refractivity contribution in [2.45, 2.75) is 25.4 Å². The summed E-state index contributed by atoms with van der Waals surface area (Å²) in [7, 11) is 0. The van der Waals surface area contributed by atoms with E-state index >= 15 is 0 Å². The molecule has 5 heteroatoms. The summed E-state index contributed by atoms with van der Waals surface area (Å²) in [6, 6.07) is 5.61. The summed E-state index contributed by atoms with van der Waals surface area (Å²) >= 11 is 0. The molecule has 0 radical (unpaired) electrons. The zero-order chi connectivity index (χ0) is 14.9. The van der Waals surface area contributed by atoms with Crippen molar-refractivity contribution in [1.82, 2.24) is 15.2 Å². The van der Waals surface area contributed by atoms with Crippen LogP contribution in [0.2, 0.25) is 0 Å². The molecule has 0 aromatic carbocycles. The van der Waals surface area contributed by atoms with Gasteiger partial charge < -0.3 is 15.0 Å². The first kappa shape index (κ1) is 15.3. The molecule has 1 aliphatic heterocycles. The van der Waals surface area contributed by atoms with E-state index in [-0.39, 0.29) is 12.1 Å². The van der Waals surface area contributed by atoms with Crippen LogP contribution in [0.1, 0.15) is 18.5 Å². The third-order valence-corrected chi connectivity index (χ3v) is 3.40. The van der Waals surface area contributed by atoms with E-state index in [0.717, 1.165) is 25.1 Å². The summed E-state index contributed by atoms with van der Waals surface area (Å²) in [6.45, 7) is 2.17. The fraction of sp³-hybridized carbons (Fsp3) is 0.500. The standard InChI is InChI=1S/C16H21N3O2/c1-2-11-19(13-15-7-5-12-21-15)16(20)18-10-8-14-6-3-4-9-17-14/h1,3-4,6,9,15H,5,7-8,10-13H2,(H,18,20)/t15-/m1/s1. The molecular formula is C16H21N3O2. The molecule has 5 nitrogen and oxygen atoms in total. The van der Waals surface area contributed by atoms with Crippen molar-refractivity contribution >= 4 is 6.03 Å². The minimum atomic E-state index is -0.139. The van der Waals surface area contributed by atoms with Gasteiger partial charge in [-0.15, -0.1) is 6.42 Å². The molecule has 0 bridgehead atoms. The Balaban J connectivity index is 1.76. The van der Waals surface area contributed by atoms with Crippen molar-refractivity contribution in [3.05, 3.63) is 30.1 Å². The van der Waals surface area contributed by atoms with Crippen LogP contribution in [0.3, 0.4) is 0 Å². The molecule has 21 heavy (non-hydrogen) atoms. The topological polar surface area (TPSA) is 54.5 Å². The first-order chi connectivity index (χ1) is 10.3. The molecule has 2 rings (SSSR count). The number of hydrogen-bond donors (Lipinski definition) is 1. The minimum Gasteiger partial charge on any atom is -0.376 e. The van der Waals surface area contributed by atoms with Gasteiger partial charge in [-0.3, -0.25) is 4.98 Å². The molecule has 1 N–H and O–H groups in total. The maximum absolute atomic E-state index is 12.2. The molecule has 0 unspecified atom stereocenters. The quantitative estimate of drug-likeness (QED) is 0.806. The number of terminal acetylenes is 1. The zero-order valence-corrected chi connectivity index (χ0v) is 12.1. The van der Waals surface area contributed by atoms with Crippen molar-refractivity contribution in [3.63, 3.8) is 0 Å². The van der Waals surface area contributed by atoms with Gasteiger partial charge in [-0.2, -0.15) is 0 Å². The van der Waals surface area contributed by atoms with Gasteiger partial charge in [-0.25, -0.2) is 4.79 Å². The van der Waals surface area contributed by atoms with Crippen LogP contribution in [0.25, 0.3) is 0 Å². The smallest absolute Gasteiger partial charge is 0.318 e. The van der Waals surface area contributed by atoms with Crippen LogP contribution >= 0.6 is 0 Å². The summed E-state index contributed by atoms with van der Waals surface area (Å²) in [5.41, 5.74) is 0.959. The van der Waals surface area contributed by atoms with Gasteiger partial charge in [0.2, 0.25) is 0 Å². The number of nitrogens with zero attached hydrogens (tertiary/aromatic N) is 2. The van der Waals surface area contributed by atoms with E-state index in [1.165, 1.54) is 0 Å². The number of carbonyl (C=O) groups excluding carboxylic acids is 1. The van der Waals surface area contributed by atoms with Crippen LogP contribution in [-0.2, 0) is 11.2 Å². The molecule has 1 saturated heterocycles. The van der Waals surface area contributed by atoms with Crippen LogP contribution < -0.4 is 5.32 Å². The van der Waals surface area contributed by atoms with Crippen LogP contribution in [0.15, 0.2) is 24.4 Å². The molecule has 1 aromatic rings. The lowest BCUT2D eigenvalue weighted by molar-refractivity contribution is 0.0846. The Morgan fingerprint density at radius 3 is 3.14 bits per heavy atom. The molecule has 1 aromatic heterocycles. The Hall–Kier alpha value is -2.06. The second-order valence-corrected chi connectivity index (χ2v) is 5.02. The van der Waals surface area contributed by atoms with Gasteiger partial charge in [0.1, 0.15) is 0 Å². The molecule has 1 atom stereocenters. The van der Waals surface area contributed by atoms with Gasteiger partial charge in [0.05, 0.1) is 12.6 Å². The highest BCUT2D eigenvalue weighted by Crippen LogP contribution is 2.13. The number of urea groups is 1. The summed E-state index contributed by atoms with van der Waals surface area (Å²) < 4.78 is 5.55. The Kier molecular flexibility index (Phi) is 6.04. The SMILES string of the molecule is C#CCN(C[C@H]1CCCO1)C(=O)NCCc1ccccn1. The van der Waals surface area contributed by atoms with Crippen LogP contribution in [0.4, 0.5) is 4.79 Å². The Bertz CT molecular complexity index is 478. The Labute approximate surface area is 125 Å². The molecule has 1 aliphatic rings. The number of hydrogen-bond acceptors (Lipinski definition) is 3. The molecule has 2 amide bonds. The molecular weight excluding hydrogens is 266 g/mol. The lowest BCUT2D eigenvalue weighted by Gasteiger charge is -2.23.